The molecule has 0 aliphatic carbocycles. The van der Waals surface area contributed by atoms with Crippen molar-refractivity contribution >= 4 is 23.4 Å². The molecule has 27 heavy (non-hydrogen) atoms. The van der Waals surface area contributed by atoms with E-state index < -0.39 is 18.1 Å². The first kappa shape index (κ1) is 21.0. The van der Waals surface area contributed by atoms with Crippen LogP contribution >= 0.6 is 11.6 Å². The number of amides is 2. The fourth-order valence-electron chi connectivity index (χ4n) is 2.47. The van der Waals surface area contributed by atoms with Gasteiger partial charge >= 0.3 is 0 Å². The van der Waals surface area contributed by atoms with E-state index in [2.05, 4.69) is 10.6 Å². The summed E-state index contributed by atoms with van der Waals surface area (Å²) < 4.78 is 1.89. The van der Waals surface area contributed by atoms with Gasteiger partial charge in [-0.2, -0.15) is 0 Å². The van der Waals surface area contributed by atoms with Gasteiger partial charge in [0.15, 0.2) is 0 Å². The monoisotopic (exact) mass is 392 g/mol. The molecule has 2 amide bonds. The summed E-state index contributed by atoms with van der Waals surface area (Å²) in [6.07, 6.45) is 2.88. The lowest BCUT2D eigenvalue weighted by molar-refractivity contribution is -0.122. The van der Waals surface area contributed by atoms with Crippen LogP contribution in [0.25, 0.3) is 5.69 Å². The van der Waals surface area contributed by atoms with E-state index in [4.69, 9.17) is 17.3 Å². The third-order valence-electron chi connectivity index (χ3n) is 4.19. The Morgan fingerprint density at radius 3 is 2.30 bits per heavy atom. The highest BCUT2D eigenvalue weighted by molar-refractivity contribution is 6.32. The number of nitrogens with one attached hydrogen (secondary N) is 2. The predicted molar refractivity (Wildman–Crippen MR) is 105 cm³/mol. The van der Waals surface area contributed by atoms with E-state index in [1.165, 1.54) is 0 Å². The highest BCUT2D eigenvalue weighted by atomic mass is 35.5. The highest BCUT2D eigenvalue weighted by Crippen LogP contribution is 2.26. The van der Waals surface area contributed by atoms with Crippen molar-refractivity contribution in [3.63, 3.8) is 0 Å². The van der Waals surface area contributed by atoms with Gasteiger partial charge in [-0.15, -0.1) is 0 Å². The first-order valence-electron chi connectivity index (χ1n) is 8.71. The molecule has 0 aliphatic rings. The maximum atomic E-state index is 12.3. The van der Waals surface area contributed by atoms with Gasteiger partial charge in [0.25, 0.3) is 0 Å². The van der Waals surface area contributed by atoms with E-state index in [0.717, 1.165) is 11.3 Å². The van der Waals surface area contributed by atoms with Crippen LogP contribution in [-0.2, 0) is 9.59 Å². The molecule has 0 saturated carbocycles. The van der Waals surface area contributed by atoms with Crippen molar-refractivity contribution in [1.29, 1.82) is 0 Å². The SMILES string of the molecule is CC(C(=O)NCC(O)CNC(=O)[C@H](C)N)c1ccc(-n2cccc2)c(Cl)c1. The fraction of sp³-hybridized carbons (Fsp3) is 0.368. The van der Waals surface area contributed by atoms with Crippen LogP contribution in [0.15, 0.2) is 42.7 Å². The van der Waals surface area contributed by atoms with Gasteiger partial charge < -0.3 is 26.0 Å². The molecule has 0 saturated heterocycles. The van der Waals surface area contributed by atoms with Gasteiger partial charge in [0.05, 0.1) is 28.8 Å². The zero-order valence-corrected chi connectivity index (χ0v) is 16.1. The normalized spacial score (nSPS) is 14.3. The number of rotatable bonds is 8. The van der Waals surface area contributed by atoms with Gasteiger partial charge in [0.2, 0.25) is 11.8 Å². The summed E-state index contributed by atoms with van der Waals surface area (Å²) in [5.74, 6) is -1.03. The van der Waals surface area contributed by atoms with Crippen LogP contribution in [0.1, 0.15) is 25.3 Å². The molecule has 5 N–H and O–H groups in total. The minimum atomic E-state index is -0.899. The lowest BCUT2D eigenvalue weighted by atomic mass is 10.00. The first-order valence-corrected chi connectivity index (χ1v) is 9.09. The van der Waals surface area contributed by atoms with Gasteiger partial charge in [-0.05, 0) is 43.7 Å². The lowest BCUT2D eigenvalue weighted by Crippen LogP contribution is -2.45. The zero-order valence-electron chi connectivity index (χ0n) is 15.4. The Kier molecular flexibility index (Phi) is 7.41. The smallest absolute Gasteiger partial charge is 0.236 e. The molecule has 1 heterocycles. The zero-order chi connectivity index (χ0) is 20.0. The molecule has 146 valence electrons. The van der Waals surface area contributed by atoms with Crippen LogP contribution in [0.2, 0.25) is 5.02 Å². The maximum absolute atomic E-state index is 12.3. The average Bonchev–Trinajstić information content (AvgIpc) is 3.17. The Morgan fingerprint density at radius 1 is 1.15 bits per heavy atom. The van der Waals surface area contributed by atoms with Crippen LogP contribution in [0.5, 0.6) is 0 Å². The molecule has 0 bridgehead atoms. The minimum absolute atomic E-state index is 0.0203. The number of carbonyl (C=O) groups is 2. The van der Waals surface area contributed by atoms with Crippen molar-refractivity contribution in [3.05, 3.63) is 53.3 Å². The van der Waals surface area contributed by atoms with Crippen LogP contribution in [-0.4, -0.2) is 46.7 Å². The van der Waals surface area contributed by atoms with Crippen molar-refractivity contribution in [2.24, 2.45) is 5.73 Å². The molecule has 2 aromatic rings. The van der Waals surface area contributed by atoms with E-state index in [-0.39, 0.29) is 24.9 Å². The molecule has 2 rings (SSSR count). The molecule has 0 radical (unpaired) electrons. The molecule has 0 fully saturated rings. The number of hydrogen-bond donors (Lipinski definition) is 4. The van der Waals surface area contributed by atoms with Gasteiger partial charge in [-0.25, -0.2) is 0 Å². The second-order valence-electron chi connectivity index (χ2n) is 6.46. The molecular weight excluding hydrogens is 368 g/mol. The van der Waals surface area contributed by atoms with Crippen LogP contribution in [0.3, 0.4) is 0 Å². The summed E-state index contributed by atoms with van der Waals surface area (Å²) in [5.41, 5.74) is 7.03. The van der Waals surface area contributed by atoms with Crippen molar-refractivity contribution in [2.75, 3.05) is 13.1 Å². The Hall–Kier alpha value is -2.35. The number of benzene rings is 1. The summed E-state index contributed by atoms with van der Waals surface area (Å²) in [7, 11) is 0. The molecule has 1 aromatic heterocycles. The van der Waals surface area contributed by atoms with Crippen molar-refractivity contribution < 1.29 is 14.7 Å². The number of halogens is 1. The summed E-state index contributed by atoms with van der Waals surface area (Å²) in [6.45, 7) is 3.36. The Morgan fingerprint density at radius 2 is 1.74 bits per heavy atom. The molecule has 7 nitrogen and oxygen atoms in total. The second-order valence-corrected chi connectivity index (χ2v) is 6.86. The standard InChI is InChI=1S/C19H25ClN4O3/c1-12(18(26)22-10-15(25)11-23-19(27)13(2)21)14-5-6-17(16(20)9-14)24-7-3-4-8-24/h3-9,12-13,15,25H,10-11,21H2,1-2H3,(H,22,26)(H,23,27)/t12?,13-,15?/m0/s1. The Balaban J connectivity index is 1.89. The van der Waals surface area contributed by atoms with Crippen LogP contribution in [0, 0.1) is 0 Å². The quantitative estimate of drug-likeness (QED) is 0.540. The minimum Gasteiger partial charge on any atom is -0.389 e. The molecule has 2 unspecified atom stereocenters. The summed E-state index contributed by atoms with van der Waals surface area (Å²) in [4.78, 5) is 23.7. The average molecular weight is 393 g/mol. The molecule has 0 spiro atoms. The first-order chi connectivity index (χ1) is 12.8. The number of aromatic nitrogens is 1. The molecule has 8 heteroatoms. The number of carbonyl (C=O) groups excluding carboxylic acids is 2. The van der Waals surface area contributed by atoms with E-state index in [9.17, 15) is 14.7 Å². The van der Waals surface area contributed by atoms with Crippen molar-refractivity contribution in [3.8, 4) is 5.69 Å². The number of aliphatic hydroxyl groups excluding tert-OH is 1. The molecule has 3 atom stereocenters. The van der Waals surface area contributed by atoms with Crippen LogP contribution in [0.4, 0.5) is 0 Å². The highest BCUT2D eigenvalue weighted by Gasteiger charge is 2.18. The Labute approximate surface area is 163 Å². The third kappa shape index (κ3) is 5.82. The van der Waals surface area contributed by atoms with Gasteiger partial charge in [0, 0.05) is 25.5 Å². The van der Waals surface area contributed by atoms with E-state index in [1.807, 2.05) is 41.2 Å². The second kappa shape index (κ2) is 9.55. The molecule has 1 aromatic carbocycles. The van der Waals surface area contributed by atoms with Gasteiger partial charge in [0.1, 0.15) is 0 Å². The summed E-state index contributed by atoms with van der Waals surface area (Å²) in [5, 5.41) is 15.6. The largest absolute Gasteiger partial charge is 0.389 e. The lowest BCUT2D eigenvalue weighted by Gasteiger charge is -2.17. The Bertz CT molecular complexity index is 777. The van der Waals surface area contributed by atoms with E-state index >= 15 is 0 Å². The van der Waals surface area contributed by atoms with Gasteiger partial charge in [-0.3, -0.25) is 9.59 Å². The number of nitrogens with two attached hydrogens (primary N) is 1. The van der Waals surface area contributed by atoms with E-state index in [0.29, 0.717) is 5.02 Å². The number of aliphatic hydroxyl groups is 1. The van der Waals surface area contributed by atoms with E-state index in [1.54, 1.807) is 19.9 Å². The predicted octanol–water partition coefficient (Wildman–Crippen LogP) is 1.17. The summed E-state index contributed by atoms with van der Waals surface area (Å²) in [6, 6.07) is 8.64. The molecular formula is C19H25ClN4O3. The van der Waals surface area contributed by atoms with Crippen molar-refractivity contribution in [1.82, 2.24) is 15.2 Å². The third-order valence-corrected chi connectivity index (χ3v) is 4.49. The molecule has 0 aliphatic heterocycles. The topological polar surface area (TPSA) is 109 Å². The van der Waals surface area contributed by atoms with Gasteiger partial charge in [-0.1, -0.05) is 17.7 Å². The van der Waals surface area contributed by atoms with Crippen LogP contribution < -0.4 is 16.4 Å². The maximum Gasteiger partial charge on any atom is 0.236 e. The number of nitrogens with zero attached hydrogens (tertiary/aromatic N) is 1. The summed E-state index contributed by atoms with van der Waals surface area (Å²) >= 11 is 6.35. The fourth-order valence-corrected chi connectivity index (χ4v) is 2.76. The van der Waals surface area contributed by atoms with Crippen molar-refractivity contribution in [2.45, 2.75) is 31.9 Å². The number of hydrogen-bond acceptors (Lipinski definition) is 4.